The molecule has 3 aliphatic rings. The summed E-state index contributed by atoms with van der Waals surface area (Å²) >= 11 is 28.4. The predicted molar refractivity (Wildman–Crippen MR) is 142 cm³/mol. The van der Waals surface area contributed by atoms with Crippen molar-refractivity contribution in [3.8, 4) is 11.5 Å². The third-order valence-corrected chi connectivity index (χ3v) is 9.33. The fourth-order valence-corrected chi connectivity index (χ4v) is 6.10. The number of ether oxygens (including phenoxy) is 2. The van der Waals surface area contributed by atoms with Crippen molar-refractivity contribution in [2.75, 3.05) is 11.7 Å². The molecule has 3 aliphatic heterocycles. The average molecular weight is 643 g/mol. The lowest BCUT2D eigenvalue weighted by atomic mass is 9.86. The Labute approximate surface area is 238 Å². The Kier molecular flexibility index (Phi) is 5.89. The molecule has 7 nitrogen and oxygen atoms in total. The molecule has 0 aromatic heterocycles. The summed E-state index contributed by atoms with van der Waals surface area (Å²) in [5.74, 6) is -0.958. The van der Waals surface area contributed by atoms with Crippen LogP contribution in [0, 0.1) is 6.92 Å². The van der Waals surface area contributed by atoms with Crippen LogP contribution in [-0.4, -0.2) is 35.5 Å². The van der Waals surface area contributed by atoms with Gasteiger partial charge in [0, 0.05) is 10.2 Å². The second-order valence-electron chi connectivity index (χ2n) is 8.63. The molecule has 0 spiro atoms. The van der Waals surface area contributed by atoms with Crippen molar-refractivity contribution in [1.82, 2.24) is 4.90 Å². The number of nitrogens with zero attached hydrogens (tertiary/aromatic N) is 2. The van der Waals surface area contributed by atoms with Gasteiger partial charge in [-0.1, -0.05) is 68.4 Å². The van der Waals surface area contributed by atoms with Crippen LogP contribution in [0.25, 0.3) is 0 Å². The van der Waals surface area contributed by atoms with Crippen LogP contribution in [0.15, 0.2) is 40.9 Å². The molecule has 0 unspecified atom stereocenters. The lowest BCUT2D eigenvalue weighted by molar-refractivity contribution is -0.130. The number of halogens is 5. The topological polar surface area (TPSA) is 76.2 Å². The number of fused-ring (bicyclic) bond motifs is 2. The zero-order valence-corrected chi connectivity index (χ0v) is 23.3. The molecule has 0 aliphatic carbocycles. The maximum Gasteiger partial charge on any atom is 0.264 e. The van der Waals surface area contributed by atoms with Crippen molar-refractivity contribution in [2.45, 2.75) is 19.0 Å². The quantitative estimate of drug-likeness (QED) is 0.135. The average Bonchev–Trinajstić information content (AvgIpc) is 3.44. The van der Waals surface area contributed by atoms with E-state index in [1.807, 2.05) is 19.1 Å². The highest BCUT2D eigenvalue weighted by Gasteiger charge is 2.58. The first-order valence-corrected chi connectivity index (χ1v) is 13.1. The SMILES string of the molecule is Cc1cc(N2C(=O)[C@H](N3C(=O)c4c(Cl)c(Cl)c(Cl)c(Cl)c4C3=O)[C@H]2c2ccc3c(c2)OCO3)ccc1Br. The standard InChI is InChI=1S/C25H13BrCl4N2O5/c1-9-6-11(3-4-12(9)26)31-21(10-2-5-13-14(7-10)37-8-36-13)22(25(31)35)32-23(33)15-16(24(32)34)18(28)20(30)19(29)17(15)27/h2-7,21-22H,8H2,1H3/t21-,22-/m1/s1. The van der Waals surface area contributed by atoms with Crippen LogP contribution in [0.3, 0.4) is 0 Å². The highest BCUT2D eigenvalue weighted by atomic mass is 79.9. The maximum atomic E-state index is 13.7. The van der Waals surface area contributed by atoms with Gasteiger partial charge in [0.2, 0.25) is 6.79 Å². The number of hydrogen-bond donors (Lipinski definition) is 0. The van der Waals surface area contributed by atoms with E-state index in [9.17, 15) is 14.4 Å². The van der Waals surface area contributed by atoms with Crippen LogP contribution in [0.4, 0.5) is 5.69 Å². The number of aryl methyl sites for hydroxylation is 1. The van der Waals surface area contributed by atoms with Gasteiger partial charge in [-0.05, 0) is 48.4 Å². The van der Waals surface area contributed by atoms with Crippen molar-refractivity contribution < 1.29 is 23.9 Å². The van der Waals surface area contributed by atoms with Crippen molar-refractivity contribution in [1.29, 1.82) is 0 Å². The van der Waals surface area contributed by atoms with E-state index in [0.29, 0.717) is 22.7 Å². The van der Waals surface area contributed by atoms with Gasteiger partial charge < -0.3 is 14.4 Å². The monoisotopic (exact) mass is 640 g/mol. The molecule has 0 saturated carbocycles. The minimum Gasteiger partial charge on any atom is -0.454 e. The van der Waals surface area contributed by atoms with Gasteiger partial charge in [0.05, 0.1) is 37.3 Å². The normalized spacial score (nSPS) is 20.0. The zero-order chi connectivity index (χ0) is 26.3. The van der Waals surface area contributed by atoms with Crippen LogP contribution in [0.1, 0.15) is 37.9 Å². The van der Waals surface area contributed by atoms with E-state index in [2.05, 4.69) is 15.9 Å². The van der Waals surface area contributed by atoms with Gasteiger partial charge in [-0.15, -0.1) is 0 Å². The fraction of sp³-hybridized carbons (Fsp3) is 0.160. The summed E-state index contributed by atoms with van der Waals surface area (Å²) < 4.78 is 11.8. The van der Waals surface area contributed by atoms with Crippen molar-refractivity contribution in [2.24, 2.45) is 0 Å². The Morgan fingerprint density at radius 2 is 1.41 bits per heavy atom. The molecule has 12 heteroatoms. The Morgan fingerprint density at radius 1 is 0.784 bits per heavy atom. The van der Waals surface area contributed by atoms with Crippen LogP contribution in [0.2, 0.25) is 20.1 Å². The molecule has 3 aromatic carbocycles. The molecule has 2 atom stereocenters. The molecular formula is C25H13BrCl4N2O5. The molecule has 0 N–H and O–H groups in total. The second-order valence-corrected chi connectivity index (χ2v) is 11.0. The Hall–Kier alpha value is -2.49. The minimum atomic E-state index is -1.18. The van der Waals surface area contributed by atoms with E-state index >= 15 is 0 Å². The van der Waals surface area contributed by atoms with Crippen LogP contribution >= 0.6 is 62.3 Å². The molecule has 1 saturated heterocycles. The number of benzene rings is 3. The highest BCUT2D eigenvalue weighted by molar-refractivity contribution is 9.10. The first-order chi connectivity index (χ1) is 17.6. The summed E-state index contributed by atoms with van der Waals surface area (Å²) in [6.45, 7) is 1.96. The number of anilines is 1. The van der Waals surface area contributed by atoms with Gasteiger partial charge in [0.1, 0.15) is 6.04 Å². The summed E-state index contributed by atoms with van der Waals surface area (Å²) in [6.07, 6.45) is 0. The largest absolute Gasteiger partial charge is 0.454 e. The number of carbonyl (C=O) groups is 3. The van der Waals surface area contributed by atoms with Crippen LogP contribution in [0.5, 0.6) is 11.5 Å². The first-order valence-electron chi connectivity index (χ1n) is 10.8. The number of imide groups is 1. The maximum absolute atomic E-state index is 13.7. The van der Waals surface area contributed by atoms with Gasteiger partial charge in [0.25, 0.3) is 17.7 Å². The molecule has 37 heavy (non-hydrogen) atoms. The van der Waals surface area contributed by atoms with Gasteiger partial charge in [-0.25, -0.2) is 0 Å². The Morgan fingerprint density at radius 3 is 2.03 bits per heavy atom. The zero-order valence-electron chi connectivity index (χ0n) is 18.7. The lowest BCUT2D eigenvalue weighted by Crippen LogP contribution is -2.67. The number of rotatable bonds is 3. The van der Waals surface area contributed by atoms with E-state index in [0.717, 1.165) is 14.9 Å². The van der Waals surface area contributed by atoms with Crippen molar-refractivity contribution in [3.63, 3.8) is 0 Å². The summed E-state index contributed by atoms with van der Waals surface area (Å²) in [6, 6.07) is 8.76. The minimum absolute atomic E-state index is 0.0678. The summed E-state index contributed by atoms with van der Waals surface area (Å²) in [4.78, 5) is 43.3. The van der Waals surface area contributed by atoms with Crippen LogP contribution < -0.4 is 14.4 Å². The molecule has 0 radical (unpaired) electrons. The lowest BCUT2D eigenvalue weighted by Gasteiger charge is -2.49. The van der Waals surface area contributed by atoms with Crippen LogP contribution in [-0.2, 0) is 4.79 Å². The number of hydrogen-bond acceptors (Lipinski definition) is 5. The third-order valence-electron chi connectivity index (χ3n) is 6.64. The van der Waals surface area contributed by atoms with Crippen molar-refractivity contribution in [3.05, 3.63) is 83.2 Å². The summed E-state index contributed by atoms with van der Waals surface area (Å²) in [7, 11) is 0. The molecule has 1 fully saturated rings. The summed E-state index contributed by atoms with van der Waals surface area (Å²) in [5, 5.41) is -0.680. The van der Waals surface area contributed by atoms with Gasteiger partial charge in [-0.3, -0.25) is 19.3 Å². The Bertz CT molecular complexity index is 1530. The molecule has 6 rings (SSSR count). The molecule has 3 amide bonds. The number of β-lactam (4-membered cyclic amide) rings is 1. The molecular weight excluding hydrogens is 630 g/mol. The van der Waals surface area contributed by atoms with Gasteiger partial charge >= 0.3 is 0 Å². The Balaban J connectivity index is 1.48. The summed E-state index contributed by atoms with van der Waals surface area (Å²) in [5.41, 5.74) is 1.78. The van der Waals surface area contributed by atoms with E-state index in [4.69, 9.17) is 55.9 Å². The number of carbonyl (C=O) groups excluding carboxylic acids is 3. The molecule has 3 aromatic rings. The second kappa shape index (κ2) is 8.78. The van der Waals surface area contributed by atoms with E-state index < -0.39 is 29.8 Å². The third kappa shape index (κ3) is 3.50. The smallest absolute Gasteiger partial charge is 0.264 e. The predicted octanol–water partition coefficient (Wildman–Crippen LogP) is 6.85. The van der Waals surface area contributed by atoms with E-state index in [1.165, 1.54) is 4.90 Å². The van der Waals surface area contributed by atoms with Crippen molar-refractivity contribution >= 4 is 85.7 Å². The van der Waals surface area contributed by atoms with Gasteiger partial charge in [-0.2, -0.15) is 0 Å². The number of amides is 3. The molecule has 188 valence electrons. The molecule has 3 heterocycles. The van der Waals surface area contributed by atoms with E-state index in [-0.39, 0.29) is 38.0 Å². The first kappa shape index (κ1) is 24.8. The van der Waals surface area contributed by atoms with E-state index in [1.54, 1.807) is 24.3 Å². The van der Waals surface area contributed by atoms with Gasteiger partial charge in [0.15, 0.2) is 11.5 Å². The fourth-order valence-electron chi connectivity index (χ4n) is 4.84. The highest BCUT2D eigenvalue weighted by Crippen LogP contribution is 2.50. The molecule has 0 bridgehead atoms.